The Bertz CT molecular complexity index is 512. The van der Waals surface area contributed by atoms with Gasteiger partial charge in [0, 0.05) is 23.4 Å². The van der Waals surface area contributed by atoms with Crippen molar-refractivity contribution in [1.82, 2.24) is 4.90 Å². The van der Waals surface area contributed by atoms with Crippen molar-refractivity contribution in [3.05, 3.63) is 35.6 Å². The molecule has 0 saturated carbocycles. The molecular formula is C14H17NO. The van der Waals surface area contributed by atoms with Crippen LogP contribution in [0.2, 0.25) is 0 Å². The van der Waals surface area contributed by atoms with Crippen LogP contribution in [-0.4, -0.2) is 25.0 Å². The van der Waals surface area contributed by atoms with Gasteiger partial charge in [-0.25, -0.2) is 0 Å². The molecule has 1 aliphatic carbocycles. The first-order valence-corrected chi connectivity index (χ1v) is 5.91. The molecule has 2 nitrogen and oxygen atoms in total. The van der Waals surface area contributed by atoms with Crippen LogP contribution in [0.4, 0.5) is 0 Å². The molecule has 1 aliphatic rings. The van der Waals surface area contributed by atoms with E-state index < -0.39 is 0 Å². The number of nitrogens with zero attached hydrogens (tertiary/aromatic N) is 1. The highest BCUT2D eigenvalue weighted by atomic mass is 16.3. The van der Waals surface area contributed by atoms with Gasteiger partial charge < -0.3 is 9.32 Å². The van der Waals surface area contributed by atoms with E-state index in [1.807, 2.05) is 6.07 Å². The Kier molecular flexibility index (Phi) is 2.25. The minimum absolute atomic E-state index is 0.661. The van der Waals surface area contributed by atoms with Gasteiger partial charge in [-0.2, -0.15) is 0 Å². The van der Waals surface area contributed by atoms with Crippen molar-refractivity contribution >= 4 is 11.0 Å². The molecule has 0 N–H and O–H groups in total. The largest absolute Gasteiger partial charge is 0.461 e. The Balaban J connectivity index is 2.08. The van der Waals surface area contributed by atoms with Crippen molar-refractivity contribution in [3.8, 4) is 0 Å². The lowest BCUT2D eigenvalue weighted by molar-refractivity contribution is 0.261. The summed E-state index contributed by atoms with van der Waals surface area (Å²) in [4.78, 5) is 2.32. The third-order valence-corrected chi connectivity index (χ3v) is 3.66. The Morgan fingerprint density at radius 3 is 2.88 bits per heavy atom. The zero-order valence-corrected chi connectivity index (χ0v) is 9.86. The second-order valence-corrected chi connectivity index (χ2v) is 4.86. The lowest BCUT2D eigenvalue weighted by Crippen LogP contribution is -2.33. The molecule has 0 amide bonds. The first-order valence-electron chi connectivity index (χ1n) is 5.91. The second kappa shape index (κ2) is 3.63. The van der Waals surface area contributed by atoms with Crippen LogP contribution in [0.25, 0.3) is 11.0 Å². The van der Waals surface area contributed by atoms with Gasteiger partial charge >= 0.3 is 0 Å². The molecule has 16 heavy (non-hydrogen) atoms. The number of benzene rings is 1. The first kappa shape index (κ1) is 9.91. The van der Waals surface area contributed by atoms with Crippen LogP contribution in [0.15, 0.2) is 28.7 Å². The van der Waals surface area contributed by atoms with Gasteiger partial charge in [0.15, 0.2) is 0 Å². The van der Waals surface area contributed by atoms with Crippen molar-refractivity contribution in [2.45, 2.75) is 25.3 Å². The van der Waals surface area contributed by atoms with Crippen LogP contribution in [-0.2, 0) is 12.8 Å². The van der Waals surface area contributed by atoms with E-state index in [-0.39, 0.29) is 0 Å². The van der Waals surface area contributed by atoms with Crippen LogP contribution >= 0.6 is 0 Å². The fraction of sp³-hybridized carbons (Fsp3) is 0.429. The fourth-order valence-electron chi connectivity index (χ4n) is 2.65. The Labute approximate surface area is 95.9 Å². The third-order valence-electron chi connectivity index (χ3n) is 3.66. The summed E-state index contributed by atoms with van der Waals surface area (Å²) >= 11 is 0. The van der Waals surface area contributed by atoms with Gasteiger partial charge in [-0.05, 0) is 33.0 Å². The van der Waals surface area contributed by atoms with E-state index in [9.17, 15) is 0 Å². The molecular weight excluding hydrogens is 198 g/mol. The van der Waals surface area contributed by atoms with E-state index >= 15 is 0 Å². The van der Waals surface area contributed by atoms with Gasteiger partial charge in [-0.15, -0.1) is 0 Å². The van der Waals surface area contributed by atoms with E-state index in [0.29, 0.717) is 6.04 Å². The summed E-state index contributed by atoms with van der Waals surface area (Å²) in [5.74, 6) is 1.21. The number of likely N-dealkylation sites (N-methyl/N-ethyl adjacent to an activating group) is 1. The molecule has 2 aromatic rings. The standard InChI is InChI=1S/C14H17NO/c1-15(2)10-7-8-14-12(9-10)11-5-3-4-6-13(11)16-14/h3-6,10H,7-9H2,1-2H3. The lowest BCUT2D eigenvalue weighted by Gasteiger charge is -2.27. The molecule has 0 bridgehead atoms. The van der Waals surface area contributed by atoms with Gasteiger partial charge in [0.05, 0.1) is 0 Å². The summed E-state index contributed by atoms with van der Waals surface area (Å²) in [5, 5.41) is 1.31. The minimum atomic E-state index is 0.661. The maximum Gasteiger partial charge on any atom is 0.134 e. The normalized spacial score (nSPS) is 20.3. The van der Waals surface area contributed by atoms with E-state index in [1.54, 1.807) is 0 Å². The van der Waals surface area contributed by atoms with Gasteiger partial charge in [-0.1, -0.05) is 18.2 Å². The average Bonchev–Trinajstić information content (AvgIpc) is 2.66. The summed E-state index contributed by atoms with van der Waals surface area (Å²) in [6, 6.07) is 9.04. The van der Waals surface area contributed by atoms with E-state index in [1.165, 1.54) is 23.1 Å². The molecule has 1 aromatic heterocycles. The highest BCUT2D eigenvalue weighted by Gasteiger charge is 2.24. The molecule has 2 heteroatoms. The van der Waals surface area contributed by atoms with Gasteiger partial charge in [-0.3, -0.25) is 0 Å². The highest BCUT2D eigenvalue weighted by molar-refractivity contribution is 5.82. The molecule has 0 spiro atoms. The molecule has 0 saturated heterocycles. The van der Waals surface area contributed by atoms with Gasteiger partial charge in [0.25, 0.3) is 0 Å². The fourth-order valence-corrected chi connectivity index (χ4v) is 2.65. The Morgan fingerprint density at radius 1 is 1.25 bits per heavy atom. The maximum absolute atomic E-state index is 5.90. The number of para-hydroxylation sites is 1. The van der Waals surface area contributed by atoms with Crippen molar-refractivity contribution < 1.29 is 4.42 Å². The van der Waals surface area contributed by atoms with Crippen LogP contribution in [0.5, 0.6) is 0 Å². The first-order chi connectivity index (χ1) is 7.75. The maximum atomic E-state index is 5.90. The van der Waals surface area contributed by atoms with Gasteiger partial charge in [0.2, 0.25) is 0 Å². The van der Waals surface area contributed by atoms with E-state index in [2.05, 4.69) is 37.2 Å². The van der Waals surface area contributed by atoms with Gasteiger partial charge in [0.1, 0.15) is 11.3 Å². The molecule has 1 heterocycles. The Morgan fingerprint density at radius 2 is 2.06 bits per heavy atom. The molecule has 0 aliphatic heterocycles. The summed E-state index contributed by atoms with van der Waals surface area (Å²) in [7, 11) is 4.33. The number of hydrogen-bond donors (Lipinski definition) is 0. The topological polar surface area (TPSA) is 16.4 Å². The van der Waals surface area contributed by atoms with E-state index in [4.69, 9.17) is 4.42 Å². The SMILES string of the molecule is CN(C)C1CCc2oc3ccccc3c2C1. The monoisotopic (exact) mass is 215 g/mol. The number of rotatable bonds is 1. The molecule has 0 fully saturated rings. The van der Waals surface area contributed by atoms with Crippen LogP contribution in [0.3, 0.4) is 0 Å². The number of aryl methyl sites for hydroxylation is 1. The van der Waals surface area contributed by atoms with Crippen molar-refractivity contribution in [2.24, 2.45) is 0 Å². The van der Waals surface area contributed by atoms with Crippen molar-refractivity contribution in [2.75, 3.05) is 14.1 Å². The van der Waals surface area contributed by atoms with Crippen LogP contribution in [0, 0.1) is 0 Å². The number of hydrogen-bond acceptors (Lipinski definition) is 2. The summed E-state index contributed by atoms with van der Waals surface area (Å²) in [5.41, 5.74) is 2.48. The third kappa shape index (κ3) is 1.45. The quantitative estimate of drug-likeness (QED) is 0.727. The molecule has 84 valence electrons. The Hall–Kier alpha value is -1.28. The number of fused-ring (bicyclic) bond motifs is 3. The smallest absolute Gasteiger partial charge is 0.134 e. The zero-order chi connectivity index (χ0) is 11.1. The molecule has 3 rings (SSSR count). The molecule has 1 unspecified atom stereocenters. The second-order valence-electron chi connectivity index (χ2n) is 4.86. The van der Waals surface area contributed by atoms with Crippen LogP contribution in [0.1, 0.15) is 17.7 Å². The summed E-state index contributed by atoms with van der Waals surface area (Å²) < 4.78 is 5.90. The van der Waals surface area contributed by atoms with Crippen molar-refractivity contribution in [1.29, 1.82) is 0 Å². The van der Waals surface area contributed by atoms with Crippen LogP contribution < -0.4 is 0 Å². The predicted molar refractivity (Wildman–Crippen MR) is 65.7 cm³/mol. The predicted octanol–water partition coefficient (Wildman–Crippen LogP) is 2.85. The summed E-state index contributed by atoms with van der Waals surface area (Å²) in [6.07, 6.45) is 3.41. The molecule has 0 radical (unpaired) electrons. The average molecular weight is 215 g/mol. The highest BCUT2D eigenvalue weighted by Crippen LogP contribution is 2.32. The molecule has 1 atom stereocenters. The minimum Gasteiger partial charge on any atom is -0.461 e. The number of furan rings is 1. The van der Waals surface area contributed by atoms with Crippen molar-refractivity contribution in [3.63, 3.8) is 0 Å². The van der Waals surface area contributed by atoms with E-state index in [0.717, 1.165) is 18.4 Å². The summed E-state index contributed by atoms with van der Waals surface area (Å²) in [6.45, 7) is 0. The zero-order valence-electron chi connectivity index (χ0n) is 9.86. The molecule has 1 aromatic carbocycles. The lowest BCUT2D eigenvalue weighted by atomic mass is 9.91.